The van der Waals surface area contributed by atoms with E-state index >= 15 is 0 Å². The minimum atomic E-state index is -3.29. The van der Waals surface area contributed by atoms with Gasteiger partial charge in [-0.25, -0.2) is 13.4 Å². The summed E-state index contributed by atoms with van der Waals surface area (Å²) in [7, 11) is -3.29. The molecule has 0 unspecified atom stereocenters. The molecule has 0 aliphatic rings. The van der Waals surface area contributed by atoms with Gasteiger partial charge in [0.15, 0.2) is 9.84 Å². The number of nitrogens with zero attached hydrogens (tertiary/aromatic N) is 1. The summed E-state index contributed by atoms with van der Waals surface area (Å²) in [6.45, 7) is 0. The SMILES string of the molecule is CS(=O)(=O)c1cccc(CC(=O)Nc2cc(Cl)ccn2)c1. The predicted molar refractivity (Wildman–Crippen MR) is 81.1 cm³/mol. The van der Waals surface area contributed by atoms with Crippen LogP contribution in [0.25, 0.3) is 0 Å². The maximum atomic E-state index is 11.9. The highest BCUT2D eigenvalue weighted by molar-refractivity contribution is 7.90. The largest absolute Gasteiger partial charge is 0.310 e. The quantitative estimate of drug-likeness (QED) is 0.936. The summed E-state index contributed by atoms with van der Waals surface area (Å²) in [6, 6.07) is 9.42. The van der Waals surface area contributed by atoms with Crippen molar-refractivity contribution < 1.29 is 13.2 Å². The standard InChI is InChI=1S/C14H13ClN2O3S/c1-21(19,20)12-4-2-3-10(7-12)8-14(18)17-13-9-11(15)5-6-16-13/h2-7,9H,8H2,1H3,(H,16,17,18). The third-order valence-electron chi connectivity index (χ3n) is 2.68. The molecule has 1 aromatic carbocycles. The van der Waals surface area contributed by atoms with E-state index in [-0.39, 0.29) is 17.2 Å². The number of carbonyl (C=O) groups is 1. The Morgan fingerprint density at radius 2 is 2.05 bits per heavy atom. The van der Waals surface area contributed by atoms with Gasteiger partial charge < -0.3 is 5.32 Å². The van der Waals surface area contributed by atoms with Crippen LogP contribution >= 0.6 is 11.6 Å². The first-order valence-electron chi connectivity index (χ1n) is 6.05. The van der Waals surface area contributed by atoms with Crippen LogP contribution in [0.4, 0.5) is 5.82 Å². The summed E-state index contributed by atoms with van der Waals surface area (Å²) in [5.74, 6) is 0.0576. The van der Waals surface area contributed by atoms with E-state index in [4.69, 9.17) is 11.6 Å². The number of rotatable bonds is 4. The fourth-order valence-corrected chi connectivity index (χ4v) is 2.58. The van der Waals surface area contributed by atoms with E-state index in [1.807, 2.05) is 0 Å². The Bertz CT molecular complexity index is 775. The number of anilines is 1. The van der Waals surface area contributed by atoms with Crippen molar-refractivity contribution in [3.8, 4) is 0 Å². The molecule has 0 saturated carbocycles. The Morgan fingerprint density at radius 1 is 1.29 bits per heavy atom. The minimum Gasteiger partial charge on any atom is -0.310 e. The molecule has 5 nitrogen and oxygen atoms in total. The van der Waals surface area contributed by atoms with Crippen LogP contribution in [0, 0.1) is 0 Å². The monoisotopic (exact) mass is 324 g/mol. The van der Waals surface area contributed by atoms with Crippen molar-refractivity contribution in [3.63, 3.8) is 0 Å². The van der Waals surface area contributed by atoms with Crippen LogP contribution in [-0.4, -0.2) is 25.6 Å². The molecule has 110 valence electrons. The molecular weight excluding hydrogens is 312 g/mol. The molecule has 0 spiro atoms. The lowest BCUT2D eigenvalue weighted by Crippen LogP contribution is -2.15. The van der Waals surface area contributed by atoms with E-state index < -0.39 is 9.84 Å². The van der Waals surface area contributed by atoms with E-state index in [2.05, 4.69) is 10.3 Å². The molecule has 1 aromatic heterocycles. The van der Waals surface area contributed by atoms with Crippen molar-refractivity contribution in [2.24, 2.45) is 0 Å². The molecule has 2 rings (SSSR count). The van der Waals surface area contributed by atoms with Crippen LogP contribution < -0.4 is 5.32 Å². The smallest absolute Gasteiger partial charge is 0.229 e. The maximum Gasteiger partial charge on any atom is 0.229 e. The summed E-state index contributed by atoms with van der Waals surface area (Å²) >= 11 is 5.80. The molecule has 1 amide bonds. The van der Waals surface area contributed by atoms with Crippen LogP contribution in [0.15, 0.2) is 47.5 Å². The Hall–Kier alpha value is -1.92. The van der Waals surface area contributed by atoms with Gasteiger partial charge in [0.1, 0.15) is 5.82 Å². The first-order chi connectivity index (χ1) is 9.84. The lowest BCUT2D eigenvalue weighted by Gasteiger charge is -2.06. The number of carbonyl (C=O) groups excluding carboxylic acids is 1. The summed E-state index contributed by atoms with van der Waals surface area (Å²) in [6.07, 6.45) is 2.67. The number of benzene rings is 1. The molecule has 7 heteroatoms. The van der Waals surface area contributed by atoms with Crippen LogP contribution in [0.2, 0.25) is 5.02 Å². The molecule has 2 aromatic rings. The maximum absolute atomic E-state index is 11.9. The lowest BCUT2D eigenvalue weighted by atomic mass is 10.1. The van der Waals surface area contributed by atoms with Crippen LogP contribution in [-0.2, 0) is 21.1 Å². The first kappa shape index (κ1) is 15.5. The second-order valence-electron chi connectivity index (χ2n) is 4.50. The molecular formula is C14H13ClN2O3S. The molecule has 1 N–H and O–H groups in total. The number of pyridine rings is 1. The fourth-order valence-electron chi connectivity index (χ4n) is 1.73. The van der Waals surface area contributed by atoms with Crippen molar-refractivity contribution >= 4 is 33.2 Å². The van der Waals surface area contributed by atoms with Crippen molar-refractivity contribution in [3.05, 3.63) is 53.2 Å². The van der Waals surface area contributed by atoms with Gasteiger partial charge in [0.25, 0.3) is 0 Å². The summed E-state index contributed by atoms with van der Waals surface area (Å²) in [5.41, 5.74) is 0.609. The van der Waals surface area contributed by atoms with E-state index in [1.54, 1.807) is 18.2 Å². The highest BCUT2D eigenvalue weighted by atomic mass is 35.5. The molecule has 0 fully saturated rings. The Kier molecular flexibility index (Phi) is 4.59. The first-order valence-corrected chi connectivity index (χ1v) is 8.32. The van der Waals surface area contributed by atoms with Gasteiger partial charge in [-0.05, 0) is 29.8 Å². The van der Waals surface area contributed by atoms with Crippen LogP contribution in [0.3, 0.4) is 0 Å². The van der Waals surface area contributed by atoms with Crippen molar-refractivity contribution in [2.75, 3.05) is 11.6 Å². The number of hydrogen-bond donors (Lipinski definition) is 1. The average molecular weight is 325 g/mol. The minimum absolute atomic E-state index is 0.0531. The highest BCUT2D eigenvalue weighted by Crippen LogP contribution is 2.14. The normalized spacial score (nSPS) is 11.1. The van der Waals surface area contributed by atoms with E-state index in [0.29, 0.717) is 16.4 Å². The predicted octanol–water partition coefficient (Wildman–Crippen LogP) is 2.32. The van der Waals surface area contributed by atoms with Crippen molar-refractivity contribution in [2.45, 2.75) is 11.3 Å². The van der Waals surface area contributed by atoms with Gasteiger partial charge in [0.05, 0.1) is 11.3 Å². The second kappa shape index (κ2) is 6.24. The molecule has 0 bridgehead atoms. The van der Waals surface area contributed by atoms with Gasteiger partial charge in [-0.15, -0.1) is 0 Å². The van der Waals surface area contributed by atoms with Gasteiger partial charge >= 0.3 is 0 Å². The Balaban J connectivity index is 2.10. The topological polar surface area (TPSA) is 76.1 Å². The third-order valence-corrected chi connectivity index (χ3v) is 4.03. The van der Waals surface area contributed by atoms with Crippen molar-refractivity contribution in [1.29, 1.82) is 0 Å². The number of hydrogen-bond acceptors (Lipinski definition) is 4. The molecule has 0 saturated heterocycles. The number of amides is 1. The number of sulfone groups is 1. The van der Waals surface area contributed by atoms with Gasteiger partial charge in [-0.1, -0.05) is 23.7 Å². The van der Waals surface area contributed by atoms with Crippen LogP contribution in [0.1, 0.15) is 5.56 Å². The van der Waals surface area contributed by atoms with Crippen LogP contribution in [0.5, 0.6) is 0 Å². The summed E-state index contributed by atoms with van der Waals surface area (Å²) in [5, 5.41) is 3.08. The molecule has 1 heterocycles. The number of aromatic nitrogens is 1. The molecule has 0 radical (unpaired) electrons. The second-order valence-corrected chi connectivity index (χ2v) is 6.96. The Labute approximate surface area is 127 Å². The fraction of sp³-hybridized carbons (Fsp3) is 0.143. The van der Waals surface area contributed by atoms with E-state index in [1.165, 1.54) is 24.4 Å². The van der Waals surface area contributed by atoms with Crippen molar-refractivity contribution in [1.82, 2.24) is 4.98 Å². The third kappa shape index (κ3) is 4.54. The zero-order valence-corrected chi connectivity index (χ0v) is 12.8. The average Bonchev–Trinajstić information content (AvgIpc) is 2.37. The molecule has 0 aliphatic carbocycles. The van der Waals surface area contributed by atoms with E-state index in [9.17, 15) is 13.2 Å². The summed E-state index contributed by atoms with van der Waals surface area (Å²) in [4.78, 5) is 16.1. The van der Waals surface area contributed by atoms with Gasteiger partial charge in [0.2, 0.25) is 5.91 Å². The number of halogens is 1. The molecule has 0 atom stereocenters. The van der Waals surface area contributed by atoms with E-state index in [0.717, 1.165) is 6.26 Å². The van der Waals surface area contributed by atoms with Gasteiger partial charge in [0, 0.05) is 17.5 Å². The zero-order valence-electron chi connectivity index (χ0n) is 11.2. The molecule has 21 heavy (non-hydrogen) atoms. The lowest BCUT2D eigenvalue weighted by molar-refractivity contribution is -0.115. The van der Waals surface area contributed by atoms with Gasteiger partial charge in [-0.3, -0.25) is 4.79 Å². The zero-order chi connectivity index (χ0) is 15.5. The molecule has 0 aliphatic heterocycles. The summed E-state index contributed by atoms with van der Waals surface area (Å²) < 4.78 is 22.9. The Morgan fingerprint density at radius 3 is 2.71 bits per heavy atom. The number of nitrogens with one attached hydrogen (secondary N) is 1. The van der Waals surface area contributed by atoms with Gasteiger partial charge in [-0.2, -0.15) is 0 Å². The highest BCUT2D eigenvalue weighted by Gasteiger charge is 2.10.